The molecule has 108 valence electrons. The summed E-state index contributed by atoms with van der Waals surface area (Å²) in [5, 5.41) is 3.50. The fourth-order valence-corrected chi connectivity index (χ4v) is 3.09. The van der Waals surface area contributed by atoms with E-state index in [2.05, 4.69) is 29.6 Å². The molecule has 3 heteroatoms. The van der Waals surface area contributed by atoms with Crippen LogP contribution in [0.2, 0.25) is 0 Å². The monoisotopic (exact) mass is 281 g/mol. The van der Waals surface area contributed by atoms with Gasteiger partial charge in [-0.25, -0.2) is 5.32 Å². The van der Waals surface area contributed by atoms with Crippen LogP contribution >= 0.6 is 0 Å². The molecule has 0 saturated carbocycles. The molecule has 0 fully saturated rings. The molecule has 2 aromatic carbocycles. The predicted octanol–water partition coefficient (Wildman–Crippen LogP) is 3.28. The molecule has 0 saturated heterocycles. The summed E-state index contributed by atoms with van der Waals surface area (Å²) in [5.74, 6) is 2.00. The molecule has 0 amide bonds. The van der Waals surface area contributed by atoms with Crippen molar-refractivity contribution < 1.29 is 9.47 Å². The summed E-state index contributed by atoms with van der Waals surface area (Å²) in [6.45, 7) is 0. The summed E-state index contributed by atoms with van der Waals surface area (Å²) in [7, 11) is 0. The van der Waals surface area contributed by atoms with Crippen molar-refractivity contribution in [3.05, 3.63) is 59.7 Å². The van der Waals surface area contributed by atoms with Gasteiger partial charge in [0, 0.05) is 12.8 Å². The number of hydrogen-bond acceptors (Lipinski definition) is 3. The van der Waals surface area contributed by atoms with Gasteiger partial charge in [-0.3, -0.25) is 0 Å². The van der Waals surface area contributed by atoms with Crippen molar-refractivity contribution in [2.75, 3.05) is 0 Å². The average molecular weight is 281 g/mol. The van der Waals surface area contributed by atoms with Gasteiger partial charge < -0.3 is 9.47 Å². The van der Waals surface area contributed by atoms with Crippen molar-refractivity contribution in [2.45, 2.75) is 38.1 Å². The SMILES string of the molecule is c1ccc2c(c1)CCC(NC1CCc3ccccc3O1)O2. The van der Waals surface area contributed by atoms with Gasteiger partial charge in [0.25, 0.3) is 0 Å². The third kappa shape index (κ3) is 2.61. The molecule has 0 aromatic heterocycles. The molecular weight excluding hydrogens is 262 g/mol. The molecule has 2 unspecified atom stereocenters. The molecule has 2 aromatic rings. The van der Waals surface area contributed by atoms with Gasteiger partial charge in [0.2, 0.25) is 0 Å². The predicted molar refractivity (Wildman–Crippen MR) is 81.5 cm³/mol. The lowest BCUT2D eigenvalue weighted by atomic mass is 10.0. The van der Waals surface area contributed by atoms with Crippen molar-refractivity contribution in [3.63, 3.8) is 0 Å². The van der Waals surface area contributed by atoms with Crippen molar-refractivity contribution in [1.29, 1.82) is 0 Å². The van der Waals surface area contributed by atoms with Crippen LogP contribution in [-0.4, -0.2) is 12.5 Å². The number of fused-ring (bicyclic) bond motifs is 2. The van der Waals surface area contributed by atoms with E-state index < -0.39 is 0 Å². The summed E-state index contributed by atoms with van der Waals surface area (Å²) in [6.07, 6.45) is 4.15. The molecule has 2 aliphatic rings. The van der Waals surface area contributed by atoms with Crippen LogP contribution in [-0.2, 0) is 12.8 Å². The van der Waals surface area contributed by atoms with E-state index in [9.17, 15) is 0 Å². The maximum atomic E-state index is 6.03. The highest BCUT2D eigenvalue weighted by Crippen LogP contribution is 2.29. The fourth-order valence-electron chi connectivity index (χ4n) is 3.09. The van der Waals surface area contributed by atoms with Crippen molar-refractivity contribution in [2.24, 2.45) is 0 Å². The average Bonchev–Trinajstić information content (AvgIpc) is 2.55. The lowest BCUT2D eigenvalue weighted by Gasteiger charge is -2.33. The minimum Gasteiger partial charge on any atom is -0.475 e. The quantitative estimate of drug-likeness (QED) is 0.916. The summed E-state index contributed by atoms with van der Waals surface area (Å²) in [6, 6.07) is 16.5. The Morgan fingerprint density at radius 2 is 1.19 bits per heavy atom. The van der Waals surface area contributed by atoms with Crippen LogP contribution < -0.4 is 14.8 Å². The number of hydrogen-bond donors (Lipinski definition) is 1. The van der Waals surface area contributed by atoms with Gasteiger partial charge in [-0.15, -0.1) is 0 Å². The van der Waals surface area contributed by atoms with Gasteiger partial charge in [0.1, 0.15) is 11.5 Å². The van der Waals surface area contributed by atoms with E-state index in [4.69, 9.17) is 9.47 Å². The minimum atomic E-state index is 0.0372. The third-order valence-corrected chi connectivity index (χ3v) is 4.21. The van der Waals surface area contributed by atoms with E-state index in [1.165, 1.54) is 11.1 Å². The van der Waals surface area contributed by atoms with Gasteiger partial charge >= 0.3 is 0 Å². The van der Waals surface area contributed by atoms with Crippen molar-refractivity contribution in [1.82, 2.24) is 5.32 Å². The van der Waals surface area contributed by atoms with E-state index in [-0.39, 0.29) is 12.5 Å². The number of aryl methyl sites for hydroxylation is 2. The normalized spacial score (nSPS) is 23.4. The van der Waals surface area contributed by atoms with Crippen LogP contribution in [0.1, 0.15) is 24.0 Å². The first-order chi connectivity index (χ1) is 10.4. The van der Waals surface area contributed by atoms with Gasteiger partial charge in [0.15, 0.2) is 12.5 Å². The highest BCUT2D eigenvalue weighted by atomic mass is 16.5. The first kappa shape index (κ1) is 12.7. The van der Waals surface area contributed by atoms with Gasteiger partial charge in [0.05, 0.1) is 0 Å². The Morgan fingerprint density at radius 3 is 1.71 bits per heavy atom. The number of benzene rings is 2. The van der Waals surface area contributed by atoms with Crippen LogP contribution in [0.5, 0.6) is 11.5 Å². The topological polar surface area (TPSA) is 30.5 Å². The van der Waals surface area contributed by atoms with Crippen LogP contribution in [0.15, 0.2) is 48.5 Å². The molecule has 0 bridgehead atoms. The zero-order valence-corrected chi connectivity index (χ0v) is 11.9. The zero-order valence-electron chi connectivity index (χ0n) is 11.9. The first-order valence-electron chi connectivity index (χ1n) is 7.64. The summed E-state index contributed by atoms with van der Waals surface area (Å²) in [5.41, 5.74) is 2.59. The second kappa shape index (κ2) is 5.41. The maximum Gasteiger partial charge on any atom is 0.153 e. The van der Waals surface area contributed by atoms with E-state index in [0.717, 1.165) is 37.2 Å². The van der Waals surface area contributed by atoms with Crippen LogP contribution in [0.4, 0.5) is 0 Å². The fraction of sp³-hybridized carbons (Fsp3) is 0.333. The molecule has 2 atom stereocenters. The molecule has 21 heavy (non-hydrogen) atoms. The lowest BCUT2D eigenvalue weighted by molar-refractivity contribution is 0.0483. The smallest absolute Gasteiger partial charge is 0.153 e. The van der Waals surface area contributed by atoms with Crippen LogP contribution in [0.3, 0.4) is 0 Å². The van der Waals surface area contributed by atoms with E-state index in [1.807, 2.05) is 24.3 Å². The lowest BCUT2D eigenvalue weighted by Crippen LogP contribution is -2.47. The second-order valence-electron chi connectivity index (χ2n) is 5.67. The highest BCUT2D eigenvalue weighted by Gasteiger charge is 2.25. The molecule has 2 aliphatic heterocycles. The summed E-state index contributed by atoms with van der Waals surface area (Å²) < 4.78 is 12.1. The van der Waals surface area contributed by atoms with E-state index in [0.29, 0.717) is 0 Å². The molecular formula is C18H19NO2. The Balaban J connectivity index is 1.42. The van der Waals surface area contributed by atoms with Gasteiger partial charge in [-0.05, 0) is 36.1 Å². The Hall–Kier alpha value is -2.00. The Bertz CT molecular complexity index is 585. The van der Waals surface area contributed by atoms with Crippen molar-refractivity contribution in [3.8, 4) is 11.5 Å². The maximum absolute atomic E-state index is 6.03. The number of para-hydroxylation sites is 2. The summed E-state index contributed by atoms with van der Waals surface area (Å²) >= 11 is 0. The Labute approximate surface area is 124 Å². The summed E-state index contributed by atoms with van der Waals surface area (Å²) in [4.78, 5) is 0. The van der Waals surface area contributed by atoms with Gasteiger partial charge in [-0.1, -0.05) is 36.4 Å². The van der Waals surface area contributed by atoms with E-state index in [1.54, 1.807) is 0 Å². The minimum absolute atomic E-state index is 0.0372. The third-order valence-electron chi connectivity index (χ3n) is 4.21. The standard InChI is InChI=1S/C18H19NO2/c1-3-7-15-13(5-1)9-11-17(20-15)19-18-12-10-14-6-2-4-8-16(14)21-18/h1-8,17-19H,9-12H2. The number of nitrogens with one attached hydrogen (secondary N) is 1. The molecule has 0 aliphatic carbocycles. The molecule has 0 radical (unpaired) electrons. The van der Waals surface area contributed by atoms with Crippen LogP contribution in [0.25, 0.3) is 0 Å². The van der Waals surface area contributed by atoms with Crippen molar-refractivity contribution >= 4 is 0 Å². The van der Waals surface area contributed by atoms with Crippen LogP contribution in [0, 0.1) is 0 Å². The second-order valence-corrected chi connectivity index (χ2v) is 5.67. The Kier molecular flexibility index (Phi) is 3.28. The van der Waals surface area contributed by atoms with E-state index >= 15 is 0 Å². The van der Waals surface area contributed by atoms with Gasteiger partial charge in [-0.2, -0.15) is 0 Å². The first-order valence-corrected chi connectivity index (χ1v) is 7.64. The molecule has 2 heterocycles. The number of rotatable bonds is 2. The molecule has 3 nitrogen and oxygen atoms in total. The largest absolute Gasteiger partial charge is 0.475 e. The highest BCUT2D eigenvalue weighted by molar-refractivity contribution is 5.36. The Morgan fingerprint density at radius 1 is 0.714 bits per heavy atom. The zero-order chi connectivity index (χ0) is 14.1. The molecule has 1 N–H and O–H groups in total. The molecule has 0 spiro atoms. The molecule has 4 rings (SSSR count). The number of ether oxygens (including phenoxy) is 2.